The highest BCUT2D eigenvalue weighted by Gasteiger charge is 1.90. The van der Waals surface area contributed by atoms with Crippen molar-refractivity contribution < 1.29 is 9.90 Å². The van der Waals surface area contributed by atoms with E-state index in [0.29, 0.717) is 0 Å². The molecule has 0 aliphatic carbocycles. The van der Waals surface area contributed by atoms with E-state index in [1.807, 2.05) is 0 Å². The molecule has 0 aliphatic rings. The predicted molar refractivity (Wildman–Crippen MR) is 84.4 cm³/mol. The smallest absolute Gasteiger partial charge is 0.0414 e. The maximum absolute atomic E-state index is 10.2. The summed E-state index contributed by atoms with van der Waals surface area (Å²) in [5.74, 6) is -0.921. The Labute approximate surface area is 125 Å². The maximum atomic E-state index is 10.2. The third kappa shape index (κ3) is 16.9. The first kappa shape index (κ1) is 18.9. The molecule has 0 aliphatic heterocycles. The fourth-order valence-electron chi connectivity index (χ4n) is 2.08. The van der Waals surface area contributed by atoms with Crippen molar-refractivity contribution >= 4 is 5.97 Å². The zero-order valence-electron chi connectivity index (χ0n) is 13.1. The highest BCUT2D eigenvalue weighted by atomic mass is 16.4. The molecule has 0 radical (unpaired) electrons. The van der Waals surface area contributed by atoms with E-state index in [2.05, 4.69) is 31.2 Å². The summed E-state index contributed by atoms with van der Waals surface area (Å²) >= 11 is 0. The van der Waals surface area contributed by atoms with Crippen LogP contribution < -0.4 is 5.11 Å². The first-order chi connectivity index (χ1) is 9.77. The lowest BCUT2D eigenvalue weighted by Crippen LogP contribution is -2.21. The van der Waals surface area contributed by atoms with Crippen LogP contribution in [0.3, 0.4) is 0 Å². The molecule has 0 bridgehead atoms. The van der Waals surface area contributed by atoms with Gasteiger partial charge in [0, 0.05) is 5.97 Å². The van der Waals surface area contributed by atoms with Gasteiger partial charge < -0.3 is 9.90 Å². The number of unbranched alkanes of at least 4 members (excludes halogenated alkanes) is 8. The topological polar surface area (TPSA) is 40.1 Å². The largest absolute Gasteiger partial charge is 0.550 e. The van der Waals surface area contributed by atoms with Gasteiger partial charge in [0.15, 0.2) is 0 Å². The first-order valence-corrected chi connectivity index (χ1v) is 8.27. The summed E-state index contributed by atoms with van der Waals surface area (Å²) in [6.45, 7) is 2.23. The van der Waals surface area contributed by atoms with Crippen molar-refractivity contribution in [2.75, 3.05) is 0 Å². The minimum Gasteiger partial charge on any atom is -0.550 e. The Morgan fingerprint density at radius 3 is 1.95 bits per heavy atom. The van der Waals surface area contributed by atoms with Crippen LogP contribution in [0.25, 0.3) is 0 Å². The Balaban J connectivity index is 3.17. The second-order valence-corrected chi connectivity index (χ2v) is 5.35. The molecule has 0 fully saturated rings. The van der Waals surface area contributed by atoms with E-state index in [-0.39, 0.29) is 6.42 Å². The van der Waals surface area contributed by atoms with Crippen molar-refractivity contribution in [3.05, 3.63) is 24.3 Å². The number of carbonyl (C=O) groups excluding carboxylic acids is 1. The van der Waals surface area contributed by atoms with E-state index in [0.717, 1.165) is 32.1 Å². The number of rotatable bonds is 14. The lowest BCUT2D eigenvalue weighted by Gasteiger charge is -2.01. The molecule has 0 amide bonds. The molecule has 0 heterocycles. The van der Waals surface area contributed by atoms with E-state index in [1.54, 1.807) is 0 Å². The van der Waals surface area contributed by atoms with Crippen LogP contribution in [0, 0.1) is 0 Å². The molecule has 0 saturated heterocycles. The van der Waals surface area contributed by atoms with Crippen molar-refractivity contribution in [3.63, 3.8) is 0 Å². The molecule has 0 atom stereocenters. The van der Waals surface area contributed by atoms with Gasteiger partial charge in [0.05, 0.1) is 0 Å². The van der Waals surface area contributed by atoms with Gasteiger partial charge in [0.2, 0.25) is 0 Å². The second kappa shape index (κ2) is 16.0. The summed E-state index contributed by atoms with van der Waals surface area (Å²) in [7, 11) is 0. The minimum atomic E-state index is -0.921. The normalized spacial score (nSPS) is 11.7. The molecule has 0 aromatic heterocycles. The van der Waals surface area contributed by atoms with Crippen LogP contribution in [0.5, 0.6) is 0 Å². The molecule has 2 nitrogen and oxygen atoms in total. The lowest BCUT2D eigenvalue weighted by molar-refractivity contribution is -0.305. The predicted octanol–water partition coefficient (Wildman–Crippen LogP) is 4.55. The van der Waals surface area contributed by atoms with Crippen molar-refractivity contribution in [1.82, 2.24) is 0 Å². The molecule has 0 rings (SSSR count). The molecule has 20 heavy (non-hydrogen) atoms. The minimum absolute atomic E-state index is 0.213. The third-order valence-corrected chi connectivity index (χ3v) is 3.33. The van der Waals surface area contributed by atoms with Crippen LogP contribution in [0.2, 0.25) is 0 Å². The van der Waals surface area contributed by atoms with Gasteiger partial charge in [0.25, 0.3) is 0 Å². The lowest BCUT2D eigenvalue weighted by atomic mass is 10.1. The fraction of sp³-hybridized carbons (Fsp3) is 0.722. The summed E-state index contributed by atoms with van der Waals surface area (Å²) in [5.41, 5.74) is 0. The van der Waals surface area contributed by atoms with Gasteiger partial charge in [-0.3, -0.25) is 0 Å². The van der Waals surface area contributed by atoms with Gasteiger partial charge in [-0.2, -0.15) is 0 Å². The van der Waals surface area contributed by atoms with Crippen LogP contribution in [0.4, 0.5) is 0 Å². The number of carboxylic acids is 1. The zero-order chi connectivity index (χ0) is 14.9. The number of hydrogen-bond acceptors (Lipinski definition) is 2. The van der Waals surface area contributed by atoms with Crippen molar-refractivity contribution in [2.45, 2.75) is 84.0 Å². The van der Waals surface area contributed by atoms with Gasteiger partial charge in [-0.1, -0.05) is 63.3 Å². The van der Waals surface area contributed by atoms with Crippen molar-refractivity contribution in [2.24, 2.45) is 0 Å². The summed E-state index contributed by atoms with van der Waals surface area (Å²) in [6.07, 6.45) is 21.9. The molecule has 0 spiro atoms. The highest BCUT2D eigenvalue weighted by Crippen LogP contribution is 2.07. The van der Waals surface area contributed by atoms with E-state index >= 15 is 0 Å². The van der Waals surface area contributed by atoms with Gasteiger partial charge in [0.1, 0.15) is 0 Å². The van der Waals surface area contributed by atoms with Crippen LogP contribution in [-0.2, 0) is 4.79 Å². The standard InChI is InChI=1S/C18H32O2/c1-2-3-4-5-6-7-8-9-10-11-12-13-14-15-16-17-18(19)20/h6-7,9-10H,2-5,8,11-17H2,1H3,(H,19,20)/p-1/b7-6+,10-9+. The van der Waals surface area contributed by atoms with Gasteiger partial charge >= 0.3 is 0 Å². The molecule has 0 aromatic carbocycles. The average molecular weight is 279 g/mol. The van der Waals surface area contributed by atoms with E-state index < -0.39 is 5.97 Å². The number of allylic oxidation sites excluding steroid dienone is 4. The van der Waals surface area contributed by atoms with Gasteiger partial charge in [-0.15, -0.1) is 0 Å². The third-order valence-electron chi connectivity index (χ3n) is 3.33. The fourth-order valence-corrected chi connectivity index (χ4v) is 2.08. The Morgan fingerprint density at radius 1 is 0.800 bits per heavy atom. The average Bonchev–Trinajstić information content (AvgIpc) is 2.43. The second-order valence-electron chi connectivity index (χ2n) is 5.35. The number of carboxylic acid groups (broad SMARTS) is 1. The monoisotopic (exact) mass is 279 g/mol. The molecule has 116 valence electrons. The maximum Gasteiger partial charge on any atom is 0.0414 e. The van der Waals surface area contributed by atoms with Gasteiger partial charge in [-0.25, -0.2) is 0 Å². The van der Waals surface area contributed by atoms with Gasteiger partial charge in [-0.05, 0) is 44.9 Å². The van der Waals surface area contributed by atoms with Crippen molar-refractivity contribution in [3.8, 4) is 0 Å². The Hall–Kier alpha value is -1.05. The summed E-state index contributed by atoms with van der Waals surface area (Å²) in [4.78, 5) is 10.2. The Morgan fingerprint density at radius 2 is 1.35 bits per heavy atom. The molecule has 0 aromatic rings. The van der Waals surface area contributed by atoms with Crippen LogP contribution >= 0.6 is 0 Å². The van der Waals surface area contributed by atoms with E-state index in [4.69, 9.17) is 0 Å². The molecule has 0 N–H and O–H groups in total. The molecular formula is C18H31O2-. The number of hydrogen-bond donors (Lipinski definition) is 0. The quantitative estimate of drug-likeness (QED) is 0.346. The summed E-state index contributed by atoms with van der Waals surface area (Å²) in [5, 5.41) is 10.2. The van der Waals surface area contributed by atoms with Crippen molar-refractivity contribution in [1.29, 1.82) is 0 Å². The molecular weight excluding hydrogens is 248 g/mol. The van der Waals surface area contributed by atoms with Crippen LogP contribution in [0.15, 0.2) is 24.3 Å². The van der Waals surface area contributed by atoms with Crippen LogP contribution in [-0.4, -0.2) is 5.97 Å². The Bertz CT molecular complexity index is 267. The number of carbonyl (C=O) groups is 1. The highest BCUT2D eigenvalue weighted by molar-refractivity contribution is 5.63. The molecule has 0 saturated carbocycles. The first-order valence-electron chi connectivity index (χ1n) is 8.27. The SMILES string of the molecule is CCCCC/C=C/C/C=C/CCCCCCCC(=O)[O-]. The van der Waals surface area contributed by atoms with E-state index in [1.165, 1.54) is 38.5 Å². The summed E-state index contributed by atoms with van der Waals surface area (Å²) < 4.78 is 0. The Kier molecular flexibility index (Phi) is 15.2. The number of aliphatic carboxylic acids is 1. The molecule has 0 unspecified atom stereocenters. The zero-order valence-corrected chi connectivity index (χ0v) is 13.1. The van der Waals surface area contributed by atoms with Crippen LogP contribution in [0.1, 0.15) is 84.0 Å². The molecule has 2 heteroatoms. The summed E-state index contributed by atoms with van der Waals surface area (Å²) in [6, 6.07) is 0. The van der Waals surface area contributed by atoms with E-state index in [9.17, 15) is 9.90 Å².